The van der Waals surface area contributed by atoms with E-state index in [2.05, 4.69) is 4.74 Å². The fourth-order valence-electron chi connectivity index (χ4n) is 1.42. The molecule has 0 unspecified atom stereocenters. The Bertz CT molecular complexity index is 266. The second-order valence-electron chi connectivity index (χ2n) is 3.14. The lowest BCUT2D eigenvalue weighted by Crippen LogP contribution is -2.31. The second kappa shape index (κ2) is 3.51. The molecule has 0 aromatic heterocycles. The number of ether oxygens (including phenoxy) is 1. The minimum absolute atomic E-state index is 0.0101. The maximum absolute atomic E-state index is 12.2. The smallest absolute Gasteiger partial charge is 0.323 e. The number of hydrogen-bond acceptors (Lipinski definition) is 3. The van der Waals surface area contributed by atoms with Crippen molar-refractivity contribution in [1.82, 2.24) is 0 Å². The fraction of sp³-hybridized carbons (Fsp3) is 0.750. The molecule has 4 nitrogen and oxygen atoms in total. The van der Waals surface area contributed by atoms with E-state index in [1.807, 2.05) is 0 Å². The third-order valence-corrected chi connectivity index (χ3v) is 2.34. The van der Waals surface area contributed by atoms with E-state index in [4.69, 9.17) is 5.11 Å². The van der Waals surface area contributed by atoms with E-state index >= 15 is 0 Å². The molecule has 0 radical (unpaired) electrons. The molecule has 2 atom stereocenters. The van der Waals surface area contributed by atoms with E-state index in [1.165, 1.54) is 6.92 Å². The summed E-state index contributed by atoms with van der Waals surface area (Å²) in [6.45, 7) is 1.48. The van der Waals surface area contributed by atoms with Crippen LogP contribution in [0.4, 0.5) is 8.78 Å². The molecule has 80 valence electrons. The summed E-state index contributed by atoms with van der Waals surface area (Å²) >= 11 is 0. The number of carbonyl (C=O) groups is 2. The van der Waals surface area contributed by atoms with E-state index < -0.39 is 29.7 Å². The average molecular weight is 208 g/mol. The van der Waals surface area contributed by atoms with Crippen LogP contribution >= 0.6 is 0 Å². The normalized spacial score (nSPS) is 30.1. The van der Waals surface area contributed by atoms with Crippen LogP contribution in [-0.4, -0.2) is 30.1 Å². The van der Waals surface area contributed by atoms with E-state index in [9.17, 15) is 18.4 Å². The first kappa shape index (κ1) is 10.9. The Morgan fingerprint density at radius 2 is 2.21 bits per heavy atom. The minimum Gasteiger partial charge on any atom is -0.480 e. The maximum Gasteiger partial charge on any atom is 0.323 e. The van der Waals surface area contributed by atoms with Crippen molar-refractivity contribution in [3.63, 3.8) is 0 Å². The van der Waals surface area contributed by atoms with Gasteiger partial charge in [0.05, 0.1) is 6.61 Å². The Morgan fingerprint density at radius 1 is 1.64 bits per heavy atom. The topological polar surface area (TPSA) is 63.6 Å². The molecule has 0 heterocycles. The van der Waals surface area contributed by atoms with Crippen LogP contribution < -0.4 is 0 Å². The molecule has 0 bridgehead atoms. The summed E-state index contributed by atoms with van der Waals surface area (Å²) in [7, 11) is 0. The van der Waals surface area contributed by atoms with Crippen molar-refractivity contribution in [3.05, 3.63) is 0 Å². The summed E-state index contributed by atoms with van der Waals surface area (Å²) in [5.41, 5.74) is -2.00. The zero-order valence-corrected chi connectivity index (χ0v) is 7.50. The van der Waals surface area contributed by atoms with Crippen LogP contribution in [0.3, 0.4) is 0 Å². The molecule has 1 rings (SSSR count). The molecule has 1 aliphatic rings. The Kier molecular flexibility index (Phi) is 2.73. The molecule has 1 saturated carbocycles. The molecule has 0 aromatic rings. The van der Waals surface area contributed by atoms with Crippen LogP contribution in [0.25, 0.3) is 0 Å². The predicted molar refractivity (Wildman–Crippen MR) is 40.8 cm³/mol. The maximum atomic E-state index is 12.2. The summed E-state index contributed by atoms with van der Waals surface area (Å²) in [6.07, 6.45) is -3.13. The van der Waals surface area contributed by atoms with Gasteiger partial charge in [0.25, 0.3) is 0 Å². The zero-order valence-electron chi connectivity index (χ0n) is 7.50. The van der Waals surface area contributed by atoms with Crippen molar-refractivity contribution in [2.24, 2.45) is 11.3 Å². The molecule has 0 amide bonds. The molecule has 0 spiro atoms. The average Bonchev–Trinajstić information content (AvgIpc) is 2.79. The van der Waals surface area contributed by atoms with Crippen LogP contribution in [0, 0.1) is 11.3 Å². The number of halogens is 2. The number of carboxylic acid groups (broad SMARTS) is 1. The molecule has 0 saturated heterocycles. The molecule has 1 aliphatic carbocycles. The van der Waals surface area contributed by atoms with Crippen LogP contribution in [0.1, 0.15) is 13.3 Å². The van der Waals surface area contributed by atoms with Crippen molar-refractivity contribution < 1.29 is 28.2 Å². The quantitative estimate of drug-likeness (QED) is 0.550. The first-order chi connectivity index (χ1) is 6.46. The van der Waals surface area contributed by atoms with Crippen LogP contribution in [-0.2, 0) is 14.3 Å². The van der Waals surface area contributed by atoms with Crippen molar-refractivity contribution in [2.45, 2.75) is 19.8 Å². The number of carbonyl (C=O) groups excluding carboxylic acids is 1. The van der Waals surface area contributed by atoms with Gasteiger partial charge in [-0.2, -0.15) is 0 Å². The molecule has 1 fully saturated rings. The Hall–Kier alpha value is -1.20. The second-order valence-corrected chi connectivity index (χ2v) is 3.14. The summed E-state index contributed by atoms with van der Waals surface area (Å²) < 4.78 is 28.9. The first-order valence-corrected chi connectivity index (χ1v) is 4.15. The molecular weight excluding hydrogens is 198 g/mol. The van der Waals surface area contributed by atoms with Crippen molar-refractivity contribution in [3.8, 4) is 0 Å². The highest BCUT2D eigenvalue weighted by atomic mass is 19.3. The molecule has 0 aromatic carbocycles. The van der Waals surface area contributed by atoms with Crippen molar-refractivity contribution >= 4 is 11.9 Å². The Balaban J connectivity index is 2.78. The minimum atomic E-state index is -2.80. The fourth-order valence-corrected chi connectivity index (χ4v) is 1.42. The SMILES string of the molecule is CCOC(=O)[C@]1(C(=O)O)C[C@H]1C(F)F. The number of aliphatic carboxylic acids is 1. The van der Waals surface area contributed by atoms with Gasteiger partial charge in [-0.25, -0.2) is 8.78 Å². The molecule has 6 heteroatoms. The lowest BCUT2D eigenvalue weighted by atomic mass is 10.1. The number of carboxylic acids is 1. The molecular formula is C8H10F2O4. The lowest BCUT2D eigenvalue weighted by Gasteiger charge is -2.10. The third-order valence-electron chi connectivity index (χ3n) is 2.34. The first-order valence-electron chi connectivity index (χ1n) is 4.15. The number of hydrogen-bond donors (Lipinski definition) is 1. The van der Waals surface area contributed by atoms with Gasteiger partial charge in [-0.05, 0) is 13.3 Å². The van der Waals surface area contributed by atoms with Gasteiger partial charge in [0.1, 0.15) is 0 Å². The van der Waals surface area contributed by atoms with E-state index in [0.29, 0.717) is 0 Å². The summed E-state index contributed by atoms with van der Waals surface area (Å²) in [6, 6.07) is 0. The summed E-state index contributed by atoms with van der Waals surface area (Å²) in [4.78, 5) is 21.8. The highest BCUT2D eigenvalue weighted by molar-refractivity contribution is 6.03. The van der Waals surface area contributed by atoms with Gasteiger partial charge in [0, 0.05) is 5.92 Å². The van der Waals surface area contributed by atoms with Crippen molar-refractivity contribution in [2.75, 3.05) is 6.61 Å². The largest absolute Gasteiger partial charge is 0.480 e. The van der Waals surface area contributed by atoms with E-state index in [1.54, 1.807) is 0 Å². The van der Waals surface area contributed by atoms with Gasteiger partial charge < -0.3 is 9.84 Å². The molecule has 14 heavy (non-hydrogen) atoms. The van der Waals surface area contributed by atoms with Gasteiger partial charge in [-0.15, -0.1) is 0 Å². The highest BCUT2D eigenvalue weighted by Crippen LogP contribution is 2.56. The monoisotopic (exact) mass is 208 g/mol. The molecule has 0 aliphatic heterocycles. The Morgan fingerprint density at radius 3 is 2.50 bits per heavy atom. The summed E-state index contributed by atoms with van der Waals surface area (Å²) in [5, 5.41) is 8.69. The van der Waals surface area contributed by atoms with Gasteiger partial charge >= 0.3 is 11.9 Å². The van der Waals surface area contributed by atoms with Gasteiger partial charge in [0.15, 0.2) is 5.41 Å². The van der Waals surface area contributed by atoms with Gasteiger partial charge in [-0.3, -0.25) is 9.59 Å². The summed E-state index contributed by atoms with van der Waals surface area (Å²) in [5.74, 6) is -3.99. The Labute approximate surface area is 78.8 Å². The third kappa shape index (κ3) is 1.44. The molecule has 1 N–H and O–H groups in total. The predicted octanol–water partition coefficient (Wildman–Crippen LogP) is 0.905. The van der Waals surface area contributed by atoms with Crippen LogP contribution in [0.2, 0.25) is 0 Å². The van der Waals surface area contributed by atoms with Gasteiger partial charge in [-0.1, -0.05) is 0 Å². The van der Waals surface area contributed by atoms with Crippen LogP contribution in [0.15, 0.2) is 0 Å². The number of alkyl halides is 2. The van der Waals surface area contributed by atoms with E-state index in [-0.39, 0.29) is 13.0 Å². The van der Waals surface area contributed by atoms with Gasteiger partial charge in [0.2, 0.25) is 6.43 Å². The lowest BCUT2D eigenvalue weighted by molar-refractivity contribution is -0.162. The highest BCUT2D eigenvalue weighted by Gasteiger charge is 2.71. The van der Waals surface area contributed by atoms with Crippen molar-refractivity contribution in [1.29, 1.82) is 0 Å². The number of rotatable bonds is 4. The van der Waals surface area contributed by atoms with Crippen LogP contribution in [0.5, 0.6) is 0 Å². The standard InChI is InChI=1S/C8H10F2O4/c1-2-14-7(13)8(6(11)12)3-4(8)5(9)10/h4-5H,2-3H2,1H3,(H,11,12)/t4-,8+/m0/s1. The number of esters is 1. The zero-order chi connectivity index (χ0) is 10.9. The van der Waals surface area contributed by atoms with E-state index in [0.717, 1.165) is 0 Å².